The van der Waals surface area contributed by atoms with E-state index in [1.165, 1.54) is 17.8 Å². The van der Waals surface area contributed by atoms with E-state index in [-0.39, 0.29) is 22.0 Å². The second-order valence-electron chi connectivity index (χ2n) is 7.83. The lowest BCUT2D eigenvalue weighted by Gasteiger charge is -2.36. The van der Waals surface area contributed by atoms with Crippen LogP contribution in [0.1, 0.15) is 15.2 Å². The molecule has 0 saturated carbocycles. The summed E-state index contributed by atoms with van der Waals surface area (Å²) in [5.41, 5.74) is 8.26. The second kappa shape index (κ2) is 10.6. The van der Waals surface area contributed by atoms with Crippen molar-refractivity contribution in [3.8, 4) is 0 Å². The third-order valence-electron chi connectivity index (χ3n) is 5.51. The van der Waals surface area contributed by atoms with Gasteiger partial charge in [0.25, 0.3) is 0 Å². The number of nitrogens with two attached hydrogens (primary N) is 1. The molecule has 1 atom stereocenters. The fourth-order valence-electron chi connectivity index (χ4n) is 3.75. The number of nitrogens with one attached hydrogen (secondary N) is 1. The molecule has 0 aliphatic carbocycles. The van der Waals surface area contributed by atoms with Crippen LogP contribution in [0, 0.1) is 5.82 Å². The molecule has 7 nitrogen and oxygen atoms in total. The van der Waals surface area contributed by atoms with E-state index >= 15 is 0 Å². The Bertz CT molecular complexity index is 1100. The fraction of sp³-hybridized carbons (Fsp3) is 0.304. The normalized spacial score (nSPS) is 14.5. The molecule has 0 spiro atoms. The summed E-state index contributed by atoms with van der Waals surface area (Å²) >= 11 is 1.16. The summed E-state index contributed by atoms with van der Waals surface area (Å²) in [6, 6.07) is 12.3. The molecule has 1 aromatic heterocycles. The number of ether oxygens (including phenoxy) is 1. The molecule has 0 bridgehead atoms. The van der Waals surface area contributed by atoms with Crippen molar-refractivity contribution in [1.82, 2.24) is 9.88 Å². The van der Waals surface area contributed by atoms with Gasteiger partial charge in [0.1, 0.15) is 16.5 Å². The Morgan fingerprint density at radius 3 is 2.61 bits per heavy atom. The van der Waals surface area contributed by atoms with Crippen molar-refractivity contribution >= 4 is 54.0 Å². The Balaban J connectivity index is 1.39. The number of rotatable bonds is 8. The average molecular weight is 488 g/mol. The lowest BCUT2D eigenvalue weighted by atomic mass is 10.1. The van der Waals surface area contributed by atoms with Crippen LogP contribution in [-0.2, 0) is 4.74 Å². The van der Waals surface area contributed by atoms with E-state index in [9.17, 15) is 9.18 Å². The number of hydrogen-bond acceptors (Lipinski definition) is 8. The molecule has 3 aromatic rings. The van der Waals surface area contributed by atoms with E-state index in [4.69, 9.17) is 10.5 Å². The monoisotopic (exact) mass is 487 g/mol. The minimum absolute atomic E-state index is 0.130. The smallest absolute Gasteiger partial charge is 0.206 e. The van der Waals surface area contributed by atoms with Crippen LogP contribution in [0.5, 0.6) is 0 Å². The number of nitrogens with zero attached hydrogens (tertiary/aromatic N) is 3. The summed E-state index contributed by atoms with van der Waals surface area (Å²) in [5, 5.41) is 4.32. The topological polar surface area (TPSA) is 83.7 Å². The second-order valence-corrected chi connectivity index (χ2v) is 9.49. The Morgan fingerprint density at radius 1 is 1.21 bits per heavy atom. The van der Waals surface area contributed by atoms with Gasteiger partial charge in [-0.3, -0.25) is 9.69 Å². The SMILES string of the molecule is COCCN1CCN(c2ccc(Nc3nc(N)c(C(=O)c4cc(F)cc(P)c4)s3)cc2)CC1. The van der Waals surface area contributed by atoms with Crippen molar-refractivity contribution in [2.75, 3.05) is 62.4 Å². The van der Waals surface area contributed by atoms with Crippen LogP contribution in [0.25, 0.3) is 0 Å². The van der Waals surface area contributed by atoms with Gasteiger partial charge in [0.2, 0.25) is 5.78 Å². The number of carbonyl (C=O) groups is 1. The largest absolute Gasteiger partial charge is 0.383 e. The summed E-state index contributed by atoms with van der Waals surface area (Å²) in [7, 11) is 4.13. The van der Waals surface area contributed by atoms with Crippen LogP contribution >= 0.6 is 20.6 Å². The maximum atomic E-state index is 13.7. The van der Waals surface area contributed by atoms with Crippen molar-refractivity contribution in [3.63, 3.8) is 0 Å². The van der Waals surface area contributed by atoms with Gasteiger partial charge < -0.3 is 20.7 Å². The molecule has 4 rings (SSSR count). The van der Waals surface area contributed by atoms with Crippen molar-refractivity contribution in [2.45, 2.75) is 0 Å². The predicted octanol–water partition coefficient (Wildman–Crippen LogP) is 3.11. The first kappa shape index (κ1) is 23.6. The van der Waals surface area contributed by atoms with Gasteiger partial charge in [0.15, 0.2) is 5.13 Å². The zero-order valence-corrected chi connectivity index (χ0v) is 20.4. The summed E-state index contributed by atoms with van der Waals surface area (Å²) in [6.07, 6.45) is 0. The number of methoxy groups -OCH3 is 1. The molecule has 174 valence electrons. The average Bonchev–Trinajstić information content (AvgIpc) is 3.17. The van der Waals surface area contributed by atoms with Crippen LogP contribution in [0.2, 0.25) is 0 Å². The number of carbonyl (C=O) groups excluding carboxylic acids is 1. The lowest BCUT2D eigenvalue weighted by Crippen LogP contribution is -2.47. The molecule has 10 heteroatoms. The van der Waals surface area contributed by atoms with Gasteiger partial charge >= 0.3 is 0 Å². The van der Waals surface area contributed by atoms with Gasteiger partial charge in [0.05, 0.1) is 6.61 Å². The molecule has 1 saturated heterocycles. The number of ketones is 1. The third-order valence-corrected chi connectivity index (χ3v) is 6.83. The Kier molecular flexibility index (Phi) is 7.55. The van der Waals surface area contributed by atoms with Crippen molar-refractivity contribution in [1.29, 1.82) is 0 Å². The molecular weight excluding hydrogens is 460 g/mol. The quantitative estimate of drug-likeness (QED) is 0.373. The van der Waals surface area contributed by atoms with Gasteiger partial charge in [-0.25, -0.2) is 9.37 Å². The van der Waals surface area contributed by atoms with Gasteiger partial charge in [-0.05, 0) is 47.8 Å². The molecule has 1 aliphatic heterocycles. The lowest BCUT2D eigenvalue weighted by molar-refractivity contribution is 0.104. The van der Waals surface area contributed by atoms with E-state index in [0.717, 1.165) is 56.4 Å². The number of thiazole rings is 1. The zero-order valence-electron chi connectivity index (χ0n) is 18.4. The van der Waals surface area contributed by atoms with E-state index in [0.29, 0.717) is 10.4 Å². The number of piperazine rings is 1. The number of benzene rings is 2. The molecule has 1 fully saturated rings. The molecule has 1 aliphatic rings. The third kappa shape index (κ3) is 5.86. The standard InChI is InChI=1S/C23H27FN5O2PS/c1-31-11-10-28-6-8-29(9-7-28)18-4-2-17(3-5-18)26-23-27-22(25)21(33-23)20(30)15-12-16(24)14-19(32)13-15/h2-5,12-14H,6-11,25,32H2,1H3,(H,26,27). The van der Waals surface area contributed by atoms with E-state index in [1.54, 1.807) is 13.2 Å². The molecule has 0 amide bonds. The van der Waals surface area contributed by atoms with Crippen LogP contribution in [0.15, 0.2) is 42.5 Å². The maximum absolute atomic E-state index is 13.7. The number of hydrogen-bond donors (Lipinski definition) is 2. The van der Waals surface area contributed by atoms with Gasteiger partial charge in [-0.15, -0.1) is 9.24 Å². The van der Waals surface area contributed by atoms with Gasteiger partial charge in [-0.2, -0.15) is 0 Å². The molecule has 2 heterocycles. The van der Waals surface area contributed by atoms with Crippen molar-refractivity contribution in [3.05, 3.63) is 58.7 Å². The number of aromatic nitrogens is 1. The molecule has 0 radical (unpaired) electrons. The highest BCUT2D eigenvalue weighted by molar-refractivity contribution is 7.27. The Hall–Kier alpha value is -2.58. The number of halogens is 1. The zero-order chi connectivity index (χ0) is 23.4. The minimum Gasteiger partial charge on any atom is -0.383 e. The van der Waals surface area contributed by atoms with E-state index < -0.39 is 5.82 Å². The molecular formula is C23H27FN5O2PS. The fourth-order valence-corrected chi connectivity index (χ4v) is 4.96. The maximum Gasteiger partial charge on any atom is 0.206 e. The van der Waals surface area contributed by atoms with E-state index in [2.05, 4.69) is 41.5 Å². The van der Waals surface area contributed by atoms with Crippen molar-refractivity contribution in [2.24, 2.45) is 0 Å². The molecule has 1 unspecified atom stereocenters. The molecule has 3 N–H and O–H groups in total. The summed E-state index contributed by atoms with van der Waals surface area (Å²) in [6.45, 7) is 5.71. The highest BCUT2D eigenvalue weighted by atomic mass is 32.1. The number of anilines is 4. The molecule has 2 aromatic carbocycles. The van der Waals surface area contributed by atoms with Crippen LogP contribution in [0.3, 0.4) is 0 Å². The summed E-state index contributed by atoms with van der Waals surface area (Å²) in [4.78, 5) is 22.2. The first-order valence-corrected chi connectivity index (χ1v) is 12.0. The van der Waals surface area contributed by atoms with Gasteiger partial charge in [0, 0.05) is 56.8 Å². The van der Waals surface area contributed by atoms with Crippen LogP contribution in [-0.4, -0.2) is 62.1 Å². The Morgan fingerprint density at radius 2 is 1.94 bits per heavy atom. The predicted molar refractivity (Wildman–Crippen MR) is 136 cm³/mol. The Labute approximate surface area is 198 Å². The van der Waals surface area contributed by atoms with E-state index in [1.807, 2.05) is 12.1 Å². The first-order valence-electron chi connectivity index (χ1n) is 10.6. The first-order chi connectivity index (χ1) is 15.9. The highest BCUT2D eigenvalue weighted by Crippen LogP contribution is 2.30. The van der Waals surface area contributed by atoms with Crippen molar-refractivity contribution < 1.29 is 13.9 Å². The number of nitrogen functional groups attached to an aromatic ring is 1. The summed E-state index contributed by atoms with van der Waals surface area (Å²) in [5.74, 6) is -0.685. The minimum atomic E-state index is -0.469. The summed E-state index contributed by atoms with van der Waals surface area (Å²) < 4.78 is 18.9. The highest BCUT2D eigenvalue weighted by Gasteiger charge is 2.20. The molecule has 33 heavy (non-hydrogen) atoms. The van der Waals surface area contributed by atoms with Crippen LogP contribution < -0.4 is 21.3 Å². The van der Waals surface area contributed by atoms with Gasteiger partial charge in [-0.1, -0.05) is 11.3 Å². The van der Waals surface area contributed by atoms with Crippen LogP contribution in [0.4, 0.5) is 26.7 Å².